The minimum absolute atomic E-state index is 0.00302. The number of aliphatic hydroxyl groups is 1. The first kappa shape index (κ1) is 12.3. The van der Waals surface area contributed by atoms with Crippen LogP contribution in [0.15, 0.2) is 0 Å². The first-order chi connectivity index (χ1) is 9.83. The molecule has 0 amide bonds. The van der Waals surface area contributed by atoms with Gasteiger partial charge in [0.2, 0.25) is 0 Å². The maximum Gasteiger partial charge on any atom is 0.161 e. The second-order valence-electron chi connectivity index (χ2n) is 6.46. The molecule has 112 valence electrons. The maximum absolute atomic E-state index is 9.10. The van der Waals surface area contributed by atoms with Gasteiger partial charge in [-0.3, -0.25) is 0 Å². The van der Waals surface area contributed by atoms with Crippen LogP contribution in [0.4, 0.5) is 0 Å². The van der Waals surface area contributed by atoms with E-state index in [0.717, 1.165) is 19.3 Å². The first-order valence-electron chi connectivity index (χ1n) is 7.71. The number of hydrogen-bond donors (Lipinski definition) is 1. The van der Waals surface area contributed by atoms with Gasteiger partial charge in [-0.25, -0.2) is 0 Å². The van der Waals surface area contributed by atoms with Crippen molar-refractivity contribution in [1.82, 2.24) is 0 Å². The Kier molecular flexibility index (Phi) is 2.70. The van der Waals surface area contributed by atoms with E-state index in [1.807, 2.05) is 0 Å². The molecular weight excluding hydrogens is 264 g/mol. The van der Waals surface area contributed by atoms with Crippen LogP contribution < -0.4 is 0 Å². The third-order valence-electron chi connectivity index (χ3n) is 5.31. The molecule has 3 unspecified atom stereocenters. The predicted octanol–water partition coefficient (Wildman–Crippen LogP) is -0.0350. The minimum Gasteiger partial charge on any atom is -0.396 e. The van der Waals surface area contributed by atoms with Crippen LogP contribution in [0.1, 0.15) is 25.7 Å². The molecule has 1 N–H and O–H groups in total. The SMILES string of the molecule is OCC[C@H]1CC[C@@H]2OC3C4OC5C[C@H]4O[C@H]3[C@@H](O5)[C@H]2O1. The van der Waals surface area contributed by atoms with Crippen molar-refractivity contribution < 1.29 is 28.8 Å². The molecule has 6 heteroatoms. The monoisotopic (exact) mass is 284 g/mol. The molecule has 9 atom stereocenters. The smallest absolute Gasteiger partial charge is 0.161 e. The van der Waals surface area contributed by atoms with Gasteiger partial charge in [0.25, 0.3) is 0 Å². The highest BCUT2D eigenvalue weighted by atomic mass is 16.8. The average Bonchev–Trinajstić information content (AvgIpc) is 2.85. The molecule has 6 rings (SSSR count). The van der Waals surface area contributed by atoms with Gasteiger partial charge in [-0.15, -0.1) is 0 Å². The van der Waals surface area contributed by atoms with Crippen molar-refractivity contribution in [3.63, 3.8) is 0 Å². The van der Waals surface area contributed by atoms with Crippen LogP contribution in [0.2, 0.25) is 0 Å². The van der Waals surface area contributed by atoms with E-state index in [9.17, 15) is 0 Å². The van der Waals surface area contributed by atoms with Crippen molar-refractivity contribution in [1.29, 1.82) is 0 Å². The maximum atomic E-state index is 9.10. The molecule has 0 aromatic heterocycles. The Balaban J connectivity index is 1.44. The summed E-state index contributed by atoms with van der Waals surface area (Å²) in [5.74, 6) is 0. The number of rotatable bonds is 2. The zero-order chi connectivity index (χ0) is 13.3. The summed E-state index contributed by atoms with van der Waals surface area (Å²) in [6.07, 6.45) is 3.27. The van der Waals surface area contributed by atoms with Gasteiger partial charge < -0.3 is 28.8 Å². The Morgan fingerprint density at radius 3 is 2.35 bits per heavy atom. The number of hydrogen-bond acceptors (Lipinski definition) is 6. The van der Waals surface area contributed by atoms with E-state index in [1.165, 1.54) is 0 Å². The fraction of sp³-hybridized carbons (Fsp3) is 1.00. The molecule has 6 aliphatic rings. The highest BCUT2D eigenvalue weighted by Gasteiger charge is 2.64. The lowest BCUT2D eigenvalue weighted by molar-refractivity contribution is -0.265. The van der Waals surface area contributed by atoms with E-state index in [-0.39, 0.29) is 61.7 Å². The number of aliphatic hydroxyl groups excluding tert-OH is 1. The summed E-state index contributed by atoms with van der Waals surface area (Å²) in [7, 11) is 0. The van der Waals surface area contributed by atoms with Gasteiger partial charge in [0.15, 0.2) is 6.29 Å². The largest absolute Gasteiger partial charge is 0.396 e. The van der Waals surface area contributed by atoms with Crippen molar-refractivity contribution in [3.05, 3.63) is 0 Å². The highest BCUT2D eigenvalue weighted by molar-refractivity contribution is 5.09. The van der Waals surface area contributed by atoms with E-state index in [4.69, 9.17) is 28.8 Å². The Labute approximate surface area is 117 Å². The van der Waals surface area contributed by atoms with Gasteiger partial charge in [-0.1, -0.05) is 0 Å². The highest BCUT2D eigenvalue weighted by Crippen LogP contribution is 2.48. The Hall–Kier alpha value is -0.240. The van der Waals surface area contributed by atoms with E-state index >= 15 is 0 Å². The Morgan fingerprint density at radius 2 is 1.45 bits per heavy atom. The second kappa shape index (κ2) is 4.38. The van der Waals surface area contributed by atoms with Crippen LogP contribution >= 0.6 is 0 Å². The normalized spacial score (nSPS) is 59.5. The lowest BCUT2D eigenvalue weighted by Crippen LogP contribution is -2.61. The summed E-state index contributed by atoms with van der Waals surface area (Å²) in [4.78, 5) is 0. The van der Waals surface area contributed by atoms with E-state index in [2.05, 4.69) is 0 Å². The topological polar surface area (TPSA) is 66.4 Å². The van der Waals surface area contributed by atoms with Crippen LogP contribution in [0.25, 0.3) is 0 Å². The van der Waals surface area contributed by atoms with Crippen molar-refractivity contribution >= 4 is 0 Å². The molecular formula is C14H20O6. The van der Waals surface area contributed by atoms with Crippen molar-refractivity contribution in [2.24, 2.45) is 0 Å². The molecule has 6 fully saturated rings. The predicted molar refractivity (Wildman–Crippen MR) is 65.1 cm³/mol. The summed E-state index contributed by atoms with van der Waals surface area (Å²) < 4.78 is 30.5. The molecule has 0 aliphatic carbocycles. The van der Waals surface area contributed by atoms with Crippen LogP contribution in [-0.4, -0.2) is 66.8 Å². The lowest BCUT2D eigenvalue weighted by Gasteiger charge is -2.46. The second-order valence-corrected chi connectivity index (χ2v) is 6.46. The lowest BCUT2D eigenvalue weighted by atomic mass is 9.87. The van der Waals surface area contributed by atoms with Crippen LogP contribution in [-0.2, 0) is 23.7 Å². The quantitative estimate of drug-likeness (QED) is 0.768. The van der Waals surface area contributed by atoms with Gasteiger partial charge in [0.1, 0.15) is 30.5 Å². The zero-order valence-electron chi connectivity index (χ0n) is 11.2. The van der Waals surface area contributed by atoms with Crippen LogP contribution in [0.5, 0.6) is 0 Å². The van der Waals surface area contributed by atoms with Gasteiger partial charge in [0, 0.05) is 13.0 Å². The van der Waals surface area contributed by atoms with E-state index in [0.29, 0.717) is 6.42 Å². The average molecular weight is 284 g/mol. The molecule has 6 bridgehead atoms. The van der Waals surface area contributed by atoms with E-state index in [1.54, 1.807) is 0 Å². The fourth-order valence-electron chi connectivity index (χ4n) is 4.44. The van der Waals surface area contributed by atoms with Gasteiger partial charge >= 0.3 is 0 Å². The summed E-state index contributed by atoms with van der Waals surface area (Å²) >= 11 is 0. The van der Waals surface area contributed by atoms with Crippen molar-refractivity contribution in [3.8, 4) is 0 Å². The third kappa shape index (κ3) is 1.60. The Bertz CT molecular complexity index is 403. The van der Waals surface area contributed by atoms with Crippen LogP contribution in [0, 0.1) is 0 Å². The van der Waals surface area contributed by atoms with Gasteiger partial charge in [-0.05, 0) is 19.3 Å². The molecule has 6 nitrogen and oxygen atoms in total. The molecule has 0 radical (unpaired) electrons. The first-order valence-corrected chi connectivity index (χ1v) is 7.71. The Morgan fingerprint density at radius 1 is 0.750 bits per heavy atom. The fourth-order valence-corrected chi connectivity index (χ4v) is 4.44. The standard InChI is InChI=1S/C14H20O6/c15-4-3-6-1-2-7-10(16-6)13-14-12(17-7)11-8(18-14)5-9(19-11)20-13/h6-15H,1-5H2/t6-,7+,8-,9?,10+,11?,12?,13+,14-/m1/s1. The zero-order valence-corrected chi connectivity index (χ0v) is 11.2. The molecule has 6 aliphatic heterocycles. The molecule has 0 aromatic rings. The summed E-state index contributed by atoms with van der Waals surface area (Å²) in [5, 5.41) is 9.10. The van der Waals surface area contributed by atoms with Crippen LogP contribution in [0.3, 0.4) is 0 Å². The van der Waals surface area contributed by atoms with E-state index < -0.39 is 0 Å². The van der Waals surface area contributed by atoms with Gasteiger partial charge in [0.05, 0.1) is 18.3 Å². The van der Waals surface area contributed by atoms with Crippen molar-refractivity contribution in [2.45, 2.75) is 80.8 Å². The number of fused-ring (bicyclic) bond motifs is 1. The molecule has 0 saturated carbocycles. The minimum atomic E-state index is -0.172. The van der Waals surface area contributed by atoms with Crippen molar-refractivity contribution in [2.75, 3.05) is 6.61 Å². The summed E-state index contributed by atoms with van der Waals surface area (Å²) in [5.41, 5.74) is 0. The van der Waals surface area contributed by atoms with Gasteiger partial charge in [-0.2, -0.15) is 0 Å². The molecule has 0 spiro atoms. The third-order valence-corrected chi connectivity index (χ3v) is 5.31. The number of ether oxygens (including phenoxy) is 5. The molecule has 6 saturated heterocycles. The molecule has 0 aromatic carbocycles. The summed E-state index contributed by atoms with van der Waals surface area (Å²) in [6.45, 7) is 0.160. The molecule has 20 heavy (non-hydrogen) atoms. The summed E-state index contributed by atoms with van der Waals surface area (Å²) in [6, 6.07) is 0. The molecule has 6 heterocycles.